The van der Waals surface area contributed by atoms with E-state index in [9.17, 15) is 0 Å². The van der Waals surface area contributed by atoms with Gasteiger partial charge in [-0.1, -0.05) is 34.1 Å². The largest absolute Gasteiger partial charge is 0.351 e. The van der Waals surface area contributed by atoms with Crippen molar-refractivity contribution in [1.29, 1.82) is 0 Å². The second kappa shape index (κ2) is 6.53. The Hall–Kier alpha value is -0.610. The number of thiazole rings is 1. The Morgan fingerprint density at radius 1 is 1.33 bits per heavy atom. The lowest BCUT2D eigenvalue weighted by atomic mass is 9.91. The monoisotopic (exact) mass is 269 g/mol. The smallest absolute Gasteiger partial charge is 0.185 e. The van der Waals surface area contributed by atoms with Crippen LogP contribution in [0.5, 0.6) is 0 Å². The molecule has 1 aromatic rings. The number of unbranched alkanes of at least 4 members (excludes halogenated alkanes) is 1. The Kier molecular flexibility index (Phi) is 5.60. The molecule has 0 bridgehead atoms. The summed E-state index contributed by atoms with van der Waals surface area (Å²) in [6.07, 6.45) is 2.45. The van der Waals surface area contributed by atoms with Crippen molar-refractivity contribution >= 4 is 16.5 Å². The molecule has 0 spiro atoms. The molecule has 0 atom stereocenters. The minimum Gasteiger partial charge on any atom is -0.351 e. The van der Waals surface area contributed by atoms with Gasteiger partial charge in [-0.25, -0.2) is 4.98 Å². The summed E-state index contributed by atoms with van der Waals surface area (Å²) < 4.78 is 0. The molecule has 0 aliphatic carbocycles. The van der Waals surface area contributed by atoms with Gasteiger partial charge < -0.3 is 10.2 Å². The number of hydrogen-bond donors (Lipinski definition) is 1. The van der Waals surface area contributed by atoms with Gasteiger partial charge in [0.2, 0.25) is 0 Å². The standard InChI is InChI=1S/C14H27N3S/c1-7-8-9-17(6)13-16-12(14(2,3)4)11(18-13)10-15-5/h15H,7-10H2,1-6H3. The summed E-state index contributed by atoms with van der Waals surface area (Å²) in [4.78, 5) is 8.50. The molecule has 0 unspecified atom stereocenters. The molecule has 0 saturated heterocycles. The van der Waals surface area contributed by atoms with E-state index in [0.717, 1.165) is 18.2 Å². The first-order valence-corrected chi connectivity index (χ1v) is 7.57. The molecule has 0 saturated carbocycles. The molecular weight excluding hydrogens is 242 g/mol. The SMILES string of the molecule is CCCCN(C)c1nc(C(C)(C)C)c(CNC)s1. The van der Waals surface area contributed by atoms with Crippen LogP contribution in [0.3, 0.4) is 0 Å². The summed E-state index contributed by atoms with van der Waals surface area (Å²) in [7, 11) is 4.14. The van der Waals surface area contributed by atoms with Crippen LogP contribution in [0.15, 0.2) is 0 Å². The van der Waals surface area contributed by atoms with Gasteiger partial charge in [-0.05, 0) is 13.5 Å². The molecule has 0 aliphatic rings. The lowest BCUT2D eigenvalue weighted by Gasteiger charge is -2.18. The number of aromatic nitrogens is 1. The van der Waals surface area contributed by atoms with E-state index >= 15 is 0 Å². The first-order chi connectivity index (χ1) is 8.40. The van der Waals surface area contributed by atoms with E-state index in [-0.39, 0.29) is 5.41 Å². The number of nitrogens with one attached hydrogen (secondary N) is 1. The minimum absolute atomic E-state index is 0.118. The van der Waals surface area contributed by atoms with E-state index in [0.29, 0.717) is 0 Å². The minimum atomic E-state index is 0.118. The number of anilines is 1. The summed E-state index contributed by atoms with van der Waals surface area (Å²) >= 11 is 1.82. The van der Waals surface area contributed by atoms with E-state index < -0.39 is 0 Å². The van der Waals surface area contributed by atoms with E-state index in [1.165, 1.54) is 23.4 Å². The molecule has 0 aromatic carbocycles. The average Bonchev–Trinajstić information content (AvgIpc) is 2.70. The summed E-state index contributed by atoms with van der Waals surface area (Å²) in [6.45, 7) is 10.9. The van der Waals surface area contributed by atoms with Crippen LogP contribution >= 0.6 is 11.3 Å². The highest BCUT2D eigenvalue weighted by Crippen LogP contribution is 2.33. The van der Waals surface area contributed by atoms with Gasteiger partial charge in [0, 0.05) is 30.4 Å². The maximum absolute atomic E-state index is 4.86. The zero-order valence-electron chi connectivity index (χ0n) is 12.6. The van der Waals surface area contributed by atoms with Crippen LogP contribution in [-0.4, -0.2) is 25.6 Å². The highest BCUT2D eigenvalue weighted by molar-refractivity contribution is 7.15. The van der Waals surface area contributed by atoms with Gasteiger partial charge >= 0.3 is 0 Å². The van der Waals surface area contributed by atoms with Crippen molar-refractivity contribution < 1.29 is 0 Å². The number of rotatable bonds is 6. The van der Waals surface area contributed by atoms with Gasteiger partial charge in [-0.3, -0.25) is 0 Å². The second-order valence-corrected chi connectivity index (χ2v) is 6.89. The quantitative estimate of drug-likeness (QED) is 0.858. The first-order valence-electron chi connectivity index (χ1n) is 6.76. The molecule has 1 heterocycles. The van der Waals surface area contributed by atoms with E-state index in [2.05, 4.69) is 45.0 Å². The molecule has 104 valence electrons. The fraction of sp³-hybridized carbons (Fsp3) is 0.786. The predicted molar refractivity (Wildman–Crippen MR) is 81.8 cm³/mol. The molecule has 0 aliphatic heterocycles. The average molecular weight is 269 g/mol. The van der Waals surface area contributed by atoms with Gasteiger partial charge in [-0.15, -0.1) is 11.3 Å². The van der Waals surface area contributed by atoms with E-state index in [1.54, 1.807) is 0 Å². The Morgan fingerprint density at radius 3 is 2.50 bits per heavy atom. The first kappa shape index (κ1) is 15.4. The van der Waals surface area contributed by atoms with Crippen LogP contribution < -0.4 is 10.2 Å². The Morgan fingerprint density at radius 2 is 2.00 bits per heavy atom. The van der Waals surface area contributed by atoms with Crippen molar-refractivity contribution in [3.8, 4) is 0 Å². The van der Waals surface area contributed by atoms with Gasteiger partial charge in [0.05, 0.1) is 5.69 Å². The highest BCUT2D eigenvalue weighted by atomic mass is 32.1. The molecule has 0 radical (unpaired) electrons. The zero-order chi connectivity index (χ0) is 13.8. The van der Waals surface area contributed by atoms with Gasteiger partial charge in [0.25, 0.3) is 0 Å². The highest BCUT2D eigenvalue weighted by Gasteiger charge is 2.23. The summed E-state index contributed by atoms with van der Waals surface area (Å²) in [5.74, 6) is 0. The van der Waals surface area contributed by atoms with Crippen LogP contribution in [-0.2, 0) is 12.0 Å². The fourth-order valence-electron chi connectivity index (χ4n) is 1.86. The molecule has 3 nitrogen and oxygen atoms in total. The third kappa shape index (κ3) is 3.95. The zero-order valence-corrected chi connectivity index (χ0v) is 13.4. The lowest BCUT2D eigenvalue weighted by Crippen LogP contribution is -2.19. The second-order valence-electron chi connectivity index (χ2n) is 5.82. The van der Waals surface area contributed by atoms with Gasteiger partial charge in [-0.2, -0.15) is 0 Å². The lowest BCUT2D eigenvalue weighted by molar-refractivity contribution is 0.562. The summed E-state index contributed by atoms with van der Waals surface area (Å²) in [5, 5.41) is 4.40. The molecule has 1 N–H and O–H groups in total. The molecule has 0 fully saturated rings. The Balaban J connectivity index is 2.94. The van der Waals surface area contributed by atoms with Gasteiger partial charge in [0.15, 0.2) is 5.13 Å². The molecular formula is C14H27N3S. The Bertz CT molecular complexity index is 366. The van der Waals surface area contributed by atoms with Crippen molar-refractivity contribution in [2.24, 2.45) is 0 Å². The van der Waals surface area contributed by atoms with Crippen LogP contribution in [0.1, 0.15) is 51.1 Å². The molecule has 4 heteroatoms. The Labute approximate surface area is 116 Å². The van der Waals surface area contributed by atoms with Crippen molar-refractivity contribution in [2.45, 2.75) is 52.5 Å². The third-order valence-electron chi connectivity index (χ3n) is 2.91. The normalized spacial score (nSPS) is 11.9. The van der Waals surface area contributed by atoms with Crippen LogP contribution in [0.25, 0.3) is 0 Å². The van der Waals surface area contributed by atoms with Crippen LogP contribution in [0, 0.1) is 0 Å². The van der Waals surface area contributed by atoms with Crippen molar-refractivity contribution in [3.05, 3.63) is 10.6 Å². The number of nitrogens with zero attached hydrogens (tertiary/aromatic N) is 2. The summed E-state index contributed by atoms with van der Waals surface area (Å²) in [6, 6.07) is 0. The molecule has 18 heavy (non-hydrogen) atoms. The number of hydrogen-bond acceptors (Lipinski definition) is 4. The van der Waals surface area contributed by atoms with Crippen LogP contribution in [0.4, 0.5) is 5.13 Å². The maximum Gasteiger partial charge on any atom is 0.185 e. The molecule has 1 rings (SSSR count). The topological polar surface area (TPSA) is 28.2 Å². The summed E-state index contributed by atoms with van der Waals surface area (Å²) in [5.41, 5.74) is 1.35. The molecule has 0 amide bonds. The predicted octanol–water partition coefficient (Wildman–Crippen LogP) is 3.40. The van der Waals surface area contributed by atoms with Crippen molar-refractivity contribution in [3.63, 3.8) is 0 Å². The van der Waals surface area contributed by atoms with E-state index in [1.807, 2.05) is 18.4 Å². The fourth-order valence-corrected chi connectivity index (χ4v) is 3.13. The van der Waals surface area contributed by atoms with Gasteiger partial charge in [0.1, 0.15) is 0 Å². The van der Waals surface area contributed by atoms with Crippen LogP contribution in [0.2, 0.25) is 0 Å². The van der Waals surface area contributed by atoms with Crippen molar-refractivity contribution in [2.75, 3.05) is 25.5 Å². The van der Waals surface area contributed by atoms with E-state index in [4.69, 9.17) is 4.98 Å². The molecule has 1 aromatic heterocycles. The van der Waals surface area contributed by atoms with Crippen molar-refractivity contribution in [1.82, 2.24) is 10.3 Å². The maximum atomic E-state index is 4.86. The third-order valence-corrected chi connectivity index (χ3v) is 4.08.